The number of nitrogens with one attached hydrogen (secondary N) is 1. The number of benzene rings is 3. The first-order valence-electron chi connectivity index (χ1n) is 11.4. The van der Waals surface area contributed by atoms with Crippen molar-refractivity contribution in [1.29, 1.82) is 0 Å². The lowest BCUT2D eigenvalue weighted by molar-refractivity contribution is -0.139. The Morgan fingerprint density at radius 2 is 1.56 bits per heavy atom. The SMILES string of the molecule is CCNC(=O)C(Cc1ccccc1)N(Cc1ccc(Cl)cc1)C(=O)CSCc1ccc(C)cc1. The highest BCUT2D eigenvalue weighted by Gasteiger charge is 2.30. The minimum absolute atomic E-state index is 0.0563. The Morgan fingerprint density at radius 1 is 0.912 bits per heavy atom. The van der Waals surface area contributed by atoms with Crippen molar-refractivity contribution in [2.75, 3.05) is 12.3 Å². The highest BCUT2D eigenvalue weighted by atomic mass is 35.5. The van der Waals surface area contributed by atoms with Gasteiger partial charge in [0.1, 0.15) is 6.04 Å². The number of halogens is 1. The Balaban J connectivity index is 1.81. The lowest BCUT2D eigenvalue weighted by Crippen LogP contribution is -2.51. The Hall–Kier alpha value is -2.76. The van der Waals surface area contributed by atoms with Crippen molar-refractivity contribution in [2.45, 2.75) is 38.6 Å². The predicted molar refractivity (Wildman–Crippen MR) is 142 cm³/mol. The van der Waals surface area contributed by atoms with Gasteiger partial charge in [0.05, 0.1) is 5.75 Å². The largest absolute Gasteiger partial charge is 0.355 e. The van der Waals surface area contributed by atoms with E-state index in [1.807, 2.05) is 61.5 Å². The van der Waals surface area contributed by atoms with Crippen LogP contribution in [0.25, 0.3) is 0 Å². The molecular formula is C28H31ClN2O2S. The van der Waals surface area contributed by atoms with Crippen molar-refractivity contribution in [3.05, 3.63) is 106 Å². The Labute approximate surface area is 211 Å². The highest BCUT2D eigenvalue weighted by Crippen LogP contribution is 2.19. The summed E-state index contributed by atoms with van der Waals surface area (Å²) in [6.45, 7) is 4.80. The van der Waals surface area contributed by atoms with E-state index in [0.717, 1.165) is 16.9 Å². The number of hydrogen-bond acceptors (Lipinski definition) is 3. The van der Waals surface area contributed by atoms with Gasteiger partial charge < -0.3 is 10.2 Å². The molecule has 0 saturated heterocycles. The van der Waals surface area contributed by atoms with Gasteiger partial charge in [-0.05, 0) is 42.7 Å². The van der Waals surface area contributed by atoms with Crippen molar-refractivity contribution < 1.29 is 9.59 Å². The normalized spacial score (nSPS) is 11.6. The summed E-state index contributed by atoms with van der Waals surface area (Å²) in [5.41, 5.74) is 4.34. The third-order valence-corrected chi connectivity index (χ3v) is 6.74. The topological polar surface area (TPSA) is 49.4 Å². The van der Waals surface area contributed by atoms with Crippen LogP contribution in [0.4, 0.5) is 0 Å². The van der Waals surface area contributed by atoms with Crippen LogP contribution >= 0.6 is 23.4 Å². The van der Waals surface area contributed by atoms with Gasteiger partial charge in [-0.15, -0.1) is 11.8 Å². The third kappa shape index (κ3) is 7.93. The fourth-order valence-electron chi connectivity index (χ4n) is 3.66. The van der Waals surface area contributed by atoms with Gasteiger partial charge in [-0.25, -0.2) is 0 Å². The lowest BCUT2D eigenvalue weighted by Gasteiger charge is -2.31. The monoisotopic (exact) mass is 494 g/mol. The summed E-state index contributed by atoms with van der Waals surface area (Å²) < 4.78 is 0. The quantitative estimate of drug-likeness (QED) is 0.374. The molecule has 0 aliphatic rings. The number of carbonyl (C=O) groups excluding carboxylic acids is 2. The van der Waals surface area contributed by atoms with Crippen LogP contribution in [0.1, 0.15) is 29.2 Å². The average molecular weight is 495 g/mol. The van der Waals surface area contributed by atoms with Crippen LogP contribution in [0.2, 0.25) is 5.02 Å². The maximum Gasteiger partial charge on any atom is 0.243 e. The Kier molecular flexibility index (Phi) is 10.0. The summed E-state index contributed by atoms with van der Waals surface area (Å²) in [6.07, 6.45) is 0.453. The molecule has 2 amide bonds. The molecule has 0 radical (unpaired) electrons. The zero-order valence-corrected chi connectivity index (χ0v) is 21.2. The van der Waals surface area contributed by atoms with Gasteiger partial charge in [-0.3, -0.25) is 9.59 Å². The van der Waals surface area contributed by atoms with Crippen LogP contribution < -0.4 is 5.32 Å². The van der Waals surface area contributed by atoms with E-state index in [2.05, 4.69) is 36.5 Å². The molecule has 1 unspecified atom stereocenters. The average Bonchev–Trinajstić information content (AvgIpc) is 2.84. The molecule has 178 valence electrons. The van der Waals surface area contributed by atoms with E-state index in [0.29, 0.717) is 30.3 Å². The maximum atomic E-state index is 13.5. The van der Waals surface area contributed by atoms with Crippen LogP contribution in [-0.4, -0.2) is 35.1 Å². The first-order chi connectivity index (χ1) is 16.5. The minimum atomic E-state index is -0.606. The van der Waals surface area contributed by atoms with E-state index in [-0.39, 0.29) is 11.8 Å². The summed E-state index contributed by atoms with van der Waals surface area (Å²) in [4.78, 5) is 28.3. The molecule has 3 aromatic rings. The molecular weight excluding hydrogens is 464 g/mol. The second-order valence-corrected chi connectivity index (χ2v) is 9.65. The van der Waals surface area contributed by atoms with Gasteiger partial charge in [-0.1, -0.05) is 83.9 Å². The zero-order chi connectivity index (χ0) is 24.3. The summed E-state index contributed by atoms with van der Waals surface area (Å²) >= 11 is 7.63. The van der Waals surface area contributed by atoms with Gasteiger partial charge in [0.2, 0.25) is 11.8 Å². The second kappa shape index (κ2) is 13.2. The molecule has 4 nitrogen and oxygen atoms in total. The van der Waals surface area contributed by atoms with Crippen molar-refractivity contribution in [1.82, 2.24) is 10.2 Å². The van der Waals surface area contributed by atoms with Gasteiger partial charge in [0, 0.05) is 30.3 Å². The van der Waals surface area contributed by atoms with Crippen molar-refractivity contribution >= 4 is 35.2 Å². The van der Waals surface area contributed by atoms with Gasteiger partial charge in [0.25, 0.3) is 0 Å². The van der Waals surface area contributed by atoms with Gasteiger partial charge in [-0.2, -0.15) is 0 Å². The second-order valence-electron chi connectivity index (χ2n) is 8.23. The maximum absolute atomic E-state index is 13.5. The van der Waals surface area contributed by atoms with Crippen molar-refractivity contribution in [2.24, 2.45) is 0 Å². The smallest absolute Gasteiger partial charge is 0.243 e. The molecule has 0 aliphatic heterocycles. The highest BCUT2D eigenvalue weighted by molar-refractivity contribution is 7.99. The van der Waals surface area contributed by atoms with Crippen LogP contribution in [0.5, 0.6) is 0 Å². The van der Waals surface area contributed by atoms with E-state index in [4.69, 9.17) is 11.6 Å². The molecule has 3 rings (SSSR count). The molecule has 0 fully saturated rings. The van der Waals surface area contributed by atoms with E-state index in [1.165, 1.54) is 11.1 Å². The fourth-order valence-corrected chi connectivity index (χ4v) is 4.65. The molecule has 0 saturated carbocycles. The standard InChI is InChI=1S/C28H31ClN2O2S/c1-3-30-28(33)26(17-22-7-5-4-6-8-22)31(18-23-13-15-25(29)16-14-23)27(32)20-34-19-24-11-9-21(2)10-12-24/h4-16,26H,3,17-20H2,1-2H3,(H,30,33). The van der Waals surface area contributed by atoms with Crippen LogP contribution in [0, 0.1) is 6.92 Å². The van der Waals surface area contributed by atoms with E-state index < -0.39 is 6.04 Å². The first kappa shape index (κ1) is 25.9. The molecule has 0 spiro atoms. The third-order valence-electron chi connectivity index (χ3n) is 5.50. The molecule has 1 atom stereocenters. The van der Waals surface area contributed by atoms with Gasteiger partial charge >= 0.3 is 0 Å². The Bertz CT molecular complexity index is 1060. The number of likely N-dealkylation sites (N-methyl/N-ethyl adjacent to an activating group) is 1. The van der Waals surface area contributed by atoms with Crippen molar-refractivity contribution in [3.8, 4) is 0 Å². The number of aryl methyl sites for hydroxylation is 1. The molecule has 0 aliphatic carbocycles. The number of rotatable bonds is 11. The van der Waals surface area contributed by atoms with Crippen LogP contribution in [0.15, 0.2) is 78.9 Å². The molecule has 0 heterocycles. The molecule has 0 bridgehead atoms. The summed E-state index contributed by atoms with van der Waals surface area (Å²) in [5, 5.41) is 3.56. The summed E-state index contributed by atoms with van der Waals surface area (Å²) in [6, 6.07) is 25.0. The zero-order valence-electron chi connectivity index (χ0n) is 19.7. The Morgan fingerprint density at radius 3 is 2.21 bits per heavy atom. The molecule has 6 heteroatoms. The van der Waals surface area contributed by atoms with Crippen LogP contribution in [-0.2, 0) is 28.3 Å². The first-order valence-corrected chi connectivity index (χ1v) is 13.0. The van der Waals surface area contributed by atoms with E-state index >= 15 is 0 Å². The number of carbonyl (C=O) groups is 2. The fraction of sp³-hybridized carbons (Fsp3) is 0.286. The number of hydrogen-bond donors (Lipinski definition) is 1. The van der Waals surface area contributed by atoms with Gasteiger partial charge in [0.15, 0.2) is 0 Å². The van der Waals surface area contributed by atoms with E-state index in [1.54, 1.807) is 16.7 Å². The minimum Gasteiger partial charge on any atom is -0.355 e. The number of thioether (sulfide) groups is 1. The number of nitrogens with zero attached hydrogens (tertiary/aromatic N) is 1. The van der Waals surface area contributed by atoms with E-state index in [9.17, 15) is 9.59 Å². The van der Waals surface area contributed by atoms with Crippen molar-refractivity contribution in [3.63, 3.8) is 0 Å². The molecule has 34 heavy (non-hydrogen) atoms. The van der Waals surface area contributed by atoms with Crippen LogP contribution in [0.3, 0.4) is 0 Å². The number of amides is 2. The predicted octanol–water partition coefficient (Wildman–Crippen LogP) is 5.66. The molecule has 3 aromatic carbocycles. The summed E-state index contributed by atoms with van der Waals surface area (Å²) in [7, 11) is 0. The lowest BCUT2D eigenvalue weighted by atomic mass is 10.0. The molecule has 0 aromatic heterocycles. The molecule has 1 N–H and O–H groups in total. The summed E-state index contributed by atoms with van der Waals surface area (Å²) in [5.74, 6) is 0.841.